The predicted octanol–water partition coefficient (Wildman–Crippen LogP) is 3.66. The minimum atomic E-state index is 0.419. The van der Waals surface area contributed by atoms with E-state index in [1.807, 2.05) is 17.5 Å². The van der Waals surface area contributed by atoms with Crippen molar-refractivity contribution in [3.63, 3.8) is 0 Å². The quantitative estimate of drug-likeness (QED) is 0.680. The van der Waals surface area contributed by atoms with Crippen molar-refractivity contribution in [2.45, 2.75) is 0 Å². The number of aromatic nitrogens is 3. The Morgan fingerprint density at radius 1 is 1.00 bits per heavy atom. The number of rotatable bonds is 4. The lowest BCUT2D eigenvalue weighted by Gasteiger charge is -2.11. The highest BCUT2D eigenvalue weighted by atomic mass is 35.5. The molecule has 0 unspecified atom stereocenters. The number of nitrogens with one attached hydrogen (secondary N) is 2. The Hall–Kier alpha value is -2.38. The van der Waals surface area contributed by atoms with Gasteiger partial charge in [0.05, 0.1) is 0 Å². The summed E-state index contributed by atoms with van der Waals surface area (Å²) in [6.07, 6.45) is 3.14. The van der Waals surface area contributed by atoms with Gasteiger partial charge in [0.2, 0.25) is 0 Å². The van der Waals surface area contributed by atoms with Gasteiger partial charge in [0.1, 0.15) is 12.0 Å². The van der Waals surface area contributed by atoms with Crippen LogP contribution < -0.4 is 16.4 Å². The van der Waals surface area contributed by atoms with Gasteiger partial charge in [0.15, 0.2) is 16.8 Å². The molecule has 3 aromatic rings. The summed E-state index contributed by atoms with van der Waals surface area (Å²) in [6, 6.07) is 7.27. The molecule has 1 aromatic carbocycles. The van der Waals surface area contributed by atoms with E-state index >= 15 is 0 Å². The molecule has 0 spiro atoms. The zero-order valence-electron chi connectivity index (χ0n) is 10.7. The third kappa shape index (κ3) is 3.21. The second-order valence-electron chi connectivity index (χ2n) is 4.08. The van der Waals surface area contributed by atoms with E-state index < -0.39 is 0 Å². The van der Waals surface area contributed by atoms with Crippen molar-refractivity contribution in [1.29, 1.82) is 0 Å². The number of anilines is 5. The first-order chi connectivity index (χ1) is 10.2. The van der Waals surface area contributed by atoms with Crippen molar-refractivity contribution in [2.75, 3.05) is 16.4 Å². The predicted molar refractivity (Wildman–Crippen MR) is 86.6 cm³/mol. The molecule has 0 aliphatic rings. The van der Waals surface area contributed by atoms with E-state index in [0.717, 1.165) is 10.8 Å². The van der Waals surface area contributed by atoms with Gasteiger partial charge in [0, 0.05) is 22.3 Å². The van der Waals surface area contributed by atoms with Crippen LogP contribution in [0.2, 0.25) is 5.02 Å². The zero-order valence-corrected chi connectivity index (χ0v) is 12.3. The van der Waals surface area contributed by atoms with E-state index in [1.165, 1.54) is 17.7 Å². The highest BCUT2D eigenvalue weighted by molar-refractivity contribution is 7.13. The lowest BCUT2D eigenvalue weighted by molar-refractivity contribution is 1.17. The Morgan fingerprint density at radius 2 is 1.71 bits per heavy atom. The summed E-state index contributed by atoms with van der Waals surface area (Å²) in [5.74, 6) is 1.03. The Labute approximate surface area is 130 Å². The van der Waals surface area contributed by atoms with E-state index in [1.54, 1.807) is 18.3 Å². The van der Waals surface area contributed by atoms with E-state index in [9.17, 15) is 0 Å². The first kappa shape index (κ1) is 13.6. The van der Waals surface area contributed by atoms with Crippen molar-refractivity contribution < 1.29 is 0 Å². The van der Waals surface area contributed by atoms with E-state index in [0.29, 0.717) is 22.3 Å². The number of nitrogen functional groups attached to an aromatic ring is 1. The molecule has 0 fully saturated rings. The standard InChI is InChI=1S/C13H11ClN6S/c14-8-1-3-9(4-2-8)19-11-10(15)12(18-7-17-11)20-13-16-5-6-21-13/h1-7H,15H2,(H2,16,17,18,19,20). The number of benzene rings is 1. The van der Waals surface area contributed by atoms with Crippen molar-refractivity contribution in [2.24, 2.45) is 0 Å². The number of hydrogen-bond acceptors (Lipinski definition) is 7. The summed E-state index contributed by atoms with van der Waals surface area (Å²) in [6.45, 7) is 0. The van der Waals surface area contributed by atoms with Crippen LogP contribution in [-0.4, -0.2) is 15.0 Å². The molecule has 0 bridgehead atoms. The SMILES string of the molecule is Nc1c(Nc2ccc(Cl)cc2)ncnc1Nc1nccs1. The van der Waals surface area contributed by atoms with Gasteiger partial charge >= 0.3 is 0 Å². The summed E-state index contributed by atoms with van der Waals surface area (Å²) in [5, 5.41) is 9.44. The van der Waals surface area contributed by atoms with Gasteiger partial charge in [-0.05, 0) is 24.3 Å². The normalized spacial score (nSPS) is 10.3. The van der Waals surface area contributed by atoms with Gasteiger partial charge in [0.25, 0.3) is 0 Å². The second kappa shape index (κ2) is 5.94. The number of nitrogens with zero attached hydrogens (tertiary/aromatic N) is 3. The van der Waals surface area contributed by atoms with Crippen LogP contribution in [0.15, 0.2) is 42.2 Å². The molecule has 0 amide bonds. The van der Waals surface area contributed by atoms with E-state index in [-0.39, 0.29) is 0 Å². The maximum Gasteiger partial charge on any atom is 0.188 e. The van der Waals surface area contributed by atoms with Crippen LogP contribution in [0.3, 0.4) is 0 Å². The highest BCUT2D eigenvalue weighted by Crippen LogP contribution is 2.28. The van der Waals surface area contributed by atoms with Crippen molar-refractivity contribution in [3.8, 4) is 0 Å². The van der Waals surface area contributed by atoms with Crippen LogP contribution in [-0.2, 0) is 0 Å². The highest BCUT2D eigenvalue weighted by Gasteiger charge is 2.09. The summed E-state index contributed by atoms with van der Waals surface area (Å²) in [5.41, 5.74) is 7.34. The molecule has 106 valence electrons. The average molecular weight is 319 g/mol. The van der Waals surface area contributed by atoms with Crippen molar-refractivity contribution >= 4 is 51.1 Å². The lowest BCUT2D eigenvalue weighted by atomic mass is 10.3. The van der Waals surface area contributed by atoms with Crippen molar-refractivity contribution in [3.05, 3.63) is 47.2 Å². The van der Waals surface area contributed by atoms with Gasteiger partial charge in [-0.25, -0.2) is 15.0 Å². The third-order valence-corrected chi connectivity index (χ3v) is 3.59. The number of thiazole rings is 1. The number of hydrogen-bond donors (Lipinski definition) is 3. The lowest BCUT2D eigenvalue weighted by Crippen LogP contribution is -2.05. The maximum absolute atomic E-state index is 6.08. The van der Waals surface area contributed by atoms with Crippen LogP contribution in [0.1, 0.15) is 0 Å². The second-order valence-corrected chi connectivity index (χ2v) is 5.41. The fourth-order valence-electron chi connectivity index (χ4n) is 1.65. The molecular formula is C13H11ClN6S. The first-order valence-electron chi connectivity index (χ1n) is 6.02. The monoisotopic (exact) mass is 318 g/mol. The Kier molecular flexibility index (Phi) is 3.85. The molecule has 21 heavy (non-hydrogen) atoms. The largest absolute Gasteiger partial charge is 0.393 e. The number of nitrogens with two attached hydrogens (primary N) is 1. The molecule has 6 nitrogen and oxygen atoms in total. The Morgan fingerprint density at radius 3 is 2.38 bits per heavy atom. The molecule has 8 heteroatoms. The Bertz CT molecular complexity index is 729. The zero-order chi connectivity index (χ0) is 14.7. The minimum Gasteiger partial charge on any atom is -0.393 e. The molecule has 0 saturated heterocycles. The summed E-state index contributed by atoms with van der Waals surface area (Å²) in [7, 11) is 0. The minimum absolute atomic E-state index is 0.419. The smallest absolute Gasteiger partial charge is 0.188 e. The van der Waals surface area contributed by atoms with Crippen LogP contribution in [0.4, 0.5) is 28.1 Å². The molecular weight excluding hydrogens is 308 g/mol. The summed E-state index contributed by atoms with van der Waals surface area (Å²) < 4.78 is 0. The number of halogens is 1. The van der Waals surface area contributed by atoms with Gasteiger partial charge in [-0.15, -0.1) is 11.3 Å². The molecule has 3 rings (SSSR count). The van der Waals surface area contributed by atoms with Crippen LogP contribution in [0.5, 0.6) is 0 Å². The molecule has 4 N–H and O–H groups in total. The molecule has 0 aliphatic carbocycles. The fourth-order valence-corrected chi connectivity index (χ4v) is 2.31. The van der Waals surface area contributed by atoms with Gasteiger partial charge in [-0.1, -0.05) is 11.6 Å². The summed E-state index contributed by atoms with van der Waals surface area (Å²) >= 11 is 7.32. The van der Waals surface area contributed by atoms with Gasteiger partial charge < -0.3 is 16.4 Å². The van der Waals surface area contributed by atoms with Gasteiger partial charge in [-0.2, -0.15) is 0 Å². The fraction of sp³-hybridized carbons (Fsp3) is 0. The first-order valence-corrected chi connectivity index (χ1v) is 7.28. The molecule has 2 aromatic heterocycles. The van der Waals surface area contributed by atoms with E-state index in [4.69, 9.17) is 17.3 Å². The molecule has 0 aliphatic heterocycles. The molecule has 0 atom stereocenters. The third-order valence-electron chi connectivity index (χ3n) is 2.65. The van der Waals surface area contributed by atoms with Crippen LogP contribution in [0, 0.1) is 0 Å². The van der Waals surface area contributed by atoms with Gasteiger partial charge in [-0.3, -0.25) is 0 Å². The topological polar surface area (TPSA) is 88.8 Å². The summed E-state index contributed by atoms with van der Waals surface area (Å²) in [4.78, 5) is 12.4. The maximum atomic E-state index is 6.08. The average Bonchev–Trinajstić information content (AvgIpc) is 2.99. The molecule has 0 radical (unpaired) electrons. The molecule has 0 saturated carbocycles. The van der Waals surface area contributed by atoms with Crippen molar-refractivity contribution in [1.82, 2.24) is 15.0 Å². The molecule has 2 heterocycles. The van der Waals surface area contributed by atoms with E-state index in [2.05, 4.69) is 25.6 Å². The van der Waals surface area contributed by atoms with Crippen LogP contribution >= 0.6 is 22.9 Å². The Balaban J connectivity index is 1.84. The van der Waals surface area contributed by atoms with Crippen LogP contribution in [0.25, 0.3) is 0 Å².